The average Bonchev–Trinajstić information content (AvgIpc) is 2.47. The van der Waals surface area contributed by atoms with Gasteiger partial charge in [0.15, 0.2) is 0 Å². The van der Waals surface area contributed by atoms with E-state index in [4.69, 9.17) is 16.7 Å². The number of rotatable bonds is 6. The summed E-state index contributed by atoms with van der Waals surface area (Å²) in [5, 5.41) is 9.20. The molecule has 0 aromatic heterocycles. The standard InChI is InChI=1S/C16H15ClFNO2/c17-14-7-4-8-15(18)13(14)11-19(10-9-16(20)21)12-5-2-1-3-6-12/h1-8H,9-11H2,(H,20,21). The number of halogens is 2. The van der Waals surface area contributed by atoms with Crippen molar-refractivity contribution in [1.82, 2.24) is 0 Å². The van der Waals surface area contributed by atoms with Crippen LogP contribution < -0.4 is 4.90 Å². The Labute approximate surface area is 127 Å². The number of hydrogen-bond acceptors (Lipinski definition) is 2. The van der Waals surface area contributed by atoms with Crippen LogP contribution in [-0.2, 0) is 11.3 Å². The van der Waals surface area contributed by atoms with Gasteiger partial charge in [0.1, 0.15) is 5.82 Å². The highest BCUT2D eigenvalue weighted by Gasteiger charge is 2.14. The maximum Gasteiger partial charge on any atom is 0.305 e. The molecule has 5 heteroatoms. The van der Waals surface area contributed by atoms with Crippen molar-refractivity contribution in [2.45, 2.75) is 13.0 Å². The van der Waals surface area contributed by atoms with E-state index in [2.05, 4.69) is 0 Å². The first-order valence-electron chi connectivity index (χ1n) is 6.52. The van der Waals surface area contributed by atoms with E-state index in [1.54, 1.807) is 17.0 Å². The maximum atomic E-state index is 13.9. The molecule has 0 radical (unpaired) electrons. The van der Waals surface area contributed by atoms with Crippen LogP contribution in [0.1, 0.15) is 12.0 Å². The molecule has 0 unspecified atom stereocenters. The van der Waals surface area contributed by atoms with E-state index in [-0.39, 0.29) is 19.5 Å². The number of anilines is 1. The first kappa shape index (κ1) is 15.3. The van der Waals surface area contributed by atoms with Crippen LogP contribution in [0.4, 0.5) is 10.1 Å². The van der Waals surface area contributed by atoms with Crippen molar-refractivity contribution in [2.24, 2.45) is 0 Å². The van der Waals surface area contributed by atoms with Crippen molar-refractivity contribution in [3.8, 4) is 0 Å². The predicted octanol–water partition coefficient (Wildman–Crippen LogP) is 3.96. The molecule has 0 bridgehead atoms. The number of carboxylic acid groups (broad SMARTS) is 1. The van der Waals surface area contributed by atoms with Crippen molar-refractivity contribution in [3.63, 3.8) is 0 Å². The Morgan fingerprint density at radius 3 is 2.48 bits per heavy atom. The van der Waals surface area contributed by atoms with E-state index in [1.165, 1.54) is 6.07 Å². The van der Waals surface area contributed by atoms with Crippen LogP contribution in [0.15, 0.2) is 48.5 Å². The molecule has 0 saturated carbocycles. The van der Waals surface area contributed by atoms with Crippen LogP contribution in [0, 0.1) is 5.82 Å². The summed E-state index contributed by atoms with van der Waals surface area (Å²) in [6, 6.07) is 13.8. The van der Waals surface area contributed by atoms with Gasteiger partial charge < -0.3 is 10.0 Å². The van der Waals surface area contributed by atoms with Gasteiger partial charge in [-0.15, -0.1) is 0 Å². The molecule has 3 nitrogen and oxygen atoms in total. The van der Waals surface area contributed by atoms with Crippen LogP contribution in [0.3, 0.4) is 0 Å². The molecule has 0 aliphatic carbocycles. The number of benzene rings is 2. The lowest BCUT2D eigenvalue weighted by Gasteiger charge is -2.25. The van der Waals surface area contributed by atoms with E-state index in [9.17, 15) is 9.18 Å². The Morgan fingerprint density at radius 1 is 1.14 bits per heavy atom. The van der Waals surface area contributed by atoms with E-state index < -0.39 is 11.8 Å². The van der Waals surface area contributed by atoms with Gasteiger partial charge in [0.05, 0.1) is 6.42 Å². The van der Waals surface area contributed by atoms with E-state index in [0.717, 1.165) is 5.69 Å². The molecule has 0 fully saturated rings. The molecule has 1 N–H and O–H groups in total. The summed E-state index contributed by atoms with van der Waals surface area (Å²) < 4.78 is 13.9. The van der Waals surface area contributed by atoms with Gasteiger partial charge >= 0.3 is 5.97 Å². The molecule has 0 spiro atoms. The minimum absolute atomic E-state index is 0.0268. The lowest BCUT2D eigenvalue weighted by atomic mass is 10.1. The first-order chi connectivity index (χ1) is 10.1. The maximum absolute atomic E-state index is 13.9. The third-order valence-corrected chi connectivity index (χ3v) is 3.48. The van der Waals surface area contributed by atoms with Crippen LogP contribution in [0.2, 0.25) is 5.02 Å². The molecule has 21 heavy (non-hydrogen) atoms. The average molecular weight is 308 g/mol. The van der Waals surface area contributed by atoms with Gasteiger partial charge in [0, 0.05) is 29.4 Å². The highest BCUT2D eigenvalue weighted by molar-refractivity contribution is 6.31. The molecule has 2 rings (SSSR count). The summed E-state index contributed by atoms with van der Waals surface area (Å²) in [6.45, 7) is 0.507. The molecule has 0 atom stereocenters. The second-order valence-corrected chi connectivity index (χ2v) is 5.01. The number of aliphatic carboxylic acids is 1. The summed E-state index contributed by atoms with van der Waals surface area (Å²) in [5.74, 6) is -1.28. The molecule has 110 valence electrons. The molecule has 0 aliphatic heterocycles. The fourth-order valence-corrected chi connectivity index (χ4v) is 2.27. The molecule has 2 aromatic rings. The quantitative estimate of drug-likeness (QED) is 0.878. The zero-order valence-corrected chi connectivity index (χ0v) is 12.1. The number of para-hydroxylation sites is 1. The molecule has 0 amide bonds. The van der Waals surface area contributed by atoms with Gasteiger partial charge in [-0.05, 0) is 24.3 Å². The van der Waals surface area contributed by atoms with Gasteiger partial charge in [-0.2, -0.15) is 0 Å². The fraction of sp³-hybridized carbons (Fsp3) is 0.188. The molecule has 0 heterocycles. The van der Waals surface area contributed by atoms with Crippen LogP contribution in [-0.4, -0.2) is 17.6 Å². The summed E-state index contributed by atoms with van der Waals surface area (Å²) in [7, 11) is 0. The monoisotopic (exact) mass is 307 g/mol. The highest BCUT2D eigenvalue weighted by atomic mass is 35.5. The topological polar surface area (TPSA) is 40.5 Å². The van der Waals surface area contributed by atoms with Crippen molar-refractivity contribution in [1.29, 1.82) is 0 Å². The third-order valence-electron chi connectivity index (χ3n) is 3.13. The van der Waals surface area contributed by atoms with Crippen molar-refractivity contribution < 1.29 is 14.3 Å². The van der Waals surface area contributed by atoms with Crippen LogP contribution in [0.5, 0.6) is 0 Å². The van der Waals surface area contributed by atoms with Gasteiger partial charge in [0.2, 0.25) is 0 Å². The lowest BCUT2D eigenvalue weighted by Crippen LogP contribution is -2.26. The van der Waals surface area contributed by atoms with Crippen LogP contribution in [0.25, 0.3) is 0 Å². The predicted molar refractivity (Wildman–Crippen MR) is 81.2 cm³/mol. The van der Waals surface area contributed by atoms with Crippen molar-refractivity contribution in [3.05, 3.63) is 64.9 Å². The Hall–Kier alpha value is -2.07. The van der Waals surface area contributed by atoms with Crippen molar-refractivity contribution >= 4 is 23.3 Å². The lowest BCUT2D eigenvalue weighted by molar-refractivity contribution is -0.136. The molecular weight excluding hydrogens is 293 g/mol. The number of carbonyl (C=O) groups is 1. The summed E-state index contributed by atoms with van der Waals surface area (Å²) >= 11 is 6.04. The summed E-state index contributed by atoms with van der Waals surface area (Å²) in [4.78, 5) is 12.6. The van der Waals surface area contributed by atoms with Crippen LogP contribution >= 0.6 is 11.6 Å². The molecule has 0 saturated heterocycles. The Kier molecular flexibility index (Phi) is 5.17. The second-order valence-electron chi connectivity index (χ2n) is 4.60. The zero-order chi connectivity index (χ0) is 15.2. The summed E-state index contributed by atoms with van der Waals surface area (Å²) in [6.07, 6.45) is -0.0268. The van der Waals surface area contributed by atoms with Gasteiger partial charge in [-0.1, -0.05) is 35.9 Å². The second kappa shape index (κ2) is 7.09. The normalized spacial score (nSPS) is 10.4. The fourth-order valence-electron chi connectivity index (χ4n) is 2.04. The minimum atomic E-state index is -0.893. The smallest absolute Gasteiger partial charge is 0.305 e. The zero-order valence-electron chi connectivity index (χ0n) is 11.3. The van der Waals surface area contributed by atoms with E-state index >= 15 is 0 Å². The SMILES string of the molecule is O=C(O)CCN(Cc1c(F)cccc1Cl)c1ccccc1. The Balaban J connectivity index is 2.25. The van der Waals surface area contributed by atoms with Gasteiger partial charge in [-0.25, -0.2) is 4.39 Å². The van der Waals surface area contributed by atoms with E-state index in [0.29, 0.717) is 10.6 Å². The Bertz CT molecular complexity index is 599. The van der Waals surface area contributed by atoms with Crippen molar-refractivity contribution in [2.75, 3.05) is 11.4 Å². The minimum Gasteiger partial charge on any atom is -0.481 e. The third kappa shape index (κ3) is 4.20. The number of nitrogens with zero attached hydrogens (tertiary/aromatic N) is 1. The largest absolute Gasteiger partial charge is 0.481 e. The summed E-state index contributed by atoms with van der Waals surface area (Å²) in [5.41, 5.74) is 1.20. The van der Waals surface area contributed by atoms with Gasteiger partial charge in [-0.3, -0.25) is 4.79 Å². The highest BCUT2D eigenvalue weighted by Crippen LogP contribution is 2.24. The molecular formula is C16H15ClFNO2. The van der Waals surface area contributed by atoms with E-state index in [1.807, 2.05) is 30.3 Å². The first-order valence-corrected chi connectivity index (χ1v) is 6.90. The molecule has 0 aliphatic rings. The molecule has 2 aromatic carbocycles. The number of carboxylic acids is 1. The number of hydrogen-bond donors (Lipinski definition) is 1. The van der Waals surface area contributed by atoms with Gasteiger partial charge in [0.25, 0.3) is 0 Å². The Morgan fingerprint density at radius 2 is 1.86 bits per heavy atom.